The lowest BCUT2D eigenvalue weighted by Gasteiger charge is -2.24. The Balaban J connectivity index is 1.98. The highest BCUT2D eigenvalue weighted by Crippen LogP contribution is 2.49. The zero-order valence-electron chi connectivity index (χ0n) is 13.5. The van der Waals surface area contributed by atoms with Crippen LogP contribution in [0.2, 0.25) is 0 Å². The first-order valence-electron chi connectivity index (χ1n) is 8.35. The number of ether oxygens (including phenoxy) is 2. The maximum absolute atomic E-state index is 10.7. The Kier molecular flexibility index (Phi) is 3.07. The standard InChI is InChI=1S/C22H16O3/c23-18-10-9-14-5-1-3-7-16(14)20(18)21-17-8-4-2-6-15(17)13-19-22(21)25-12-11-24-19/h1-10,13,23H,11-12H2. The molecule has 1 aliphatic heterocycles. The van der Waals surface area contributed by atoms with E-state index in [1.54, 1.807) is 6.07 Å². The smallest absolute Gasteiger partial charge is 0.169 e. The lowest BCUT2D eigenvalue weighted by Crippen LogP contribution is -2.16. The van der Waals surface area contributed by atoms with Gasteiger partial charge in [0, 0.05) is 11.1 Å². The Morgan fingerprint density at radius 1 is 0.680 bits per heavy atom. The second kappa shape index (κ2) is 5.42. The minimum absolute atomic E-state index is 0.242. The Hall–Kier alpha value is -3.20. The van der Waals surface area contributed by atoms with E-state index in [4.69, 9.17) is 9.47 Å². The molecule has 0 fully saturated rings. The highest BCUT2D eigenvalue weighted by Gasteiger charge is 2.23. The maximum Gasteiger partial charge on any atom is 0.169 e. The van der Waals surface area contributed by atoms with Gasteiger partial charge < -0.3 is 14.6 Å². The highest BCUT2D eigenvalue weighted by atomic mass is 16.6. The molecule has 0 radical (unpaired) electrons. The molecule has 0 aromatic heterocycles. The third-order valence-electron chi connectivity index (χ3n) is 4.71. The van der Waals surface area contributed by atoms with Gasteiger partial charge in [-0.2, -0.15) is 0 Å². The van der Waals surface area contributed by atoms with Gasteiger partial charge in [0.25, 0.3) is 0 Å². The van der Waals surface area contributed by atoms with Crippen molar-refractivity contribution in [1.29, 1.82) is 0 Å². The first-order valence-corrected chi connectivity index (χ1v) is 8.35. The van der Waals surface area contributed by atoms with Crippen LogP contribution >= 0.6 is 0 Å². The molecule has 4 aromatic rings. The van der Waals surface area contributed by atoms with Crippen LogP contribution in [-0.4, -0.2) is 18.3 Å². The number of hydrogen-bond donors (Lipinski definition) is 1. The SMILES string of the molecule is Oc1ccc2ccccc2c1-c1c2c(cc3ccccc13)OCCO2. The summed E-state index contributed by atoms with van der Waals surface area (Å²) in [4.78, 5) is 0. The van der Waals surface area contributed by atoms with Crippen molar-refractivity contribution >= 4 is 21.5 Å². The number of hydrogen-bond acceptors (Lipinski definition) is 3. The lowest BCUT2D eigenvalue weighted by atomic mass is 9.91. The molecule has 0 amide bonds. The van der Waals surface area contributed by atoms with Crippen LogP contribution in [0.15, 0.2) is 66.7 Å². The molecule has 1 heterocycles. The van der Waals surface area contributed by atoms with Crippen molar-refractivity contribution < 1.29 is 14.6 Å². The zero-order chi connectivity index (χ0) is 16.8. The van der Waals surface area contributed by atoms with Crippen LogP contribution in [-0.2, 0) is 0 Å². The quantitative estimate of drug-likeness (QED) is 0.526. The van der Waals surface area contributed by atoms with Gasteiger partial charge in [-0.3, -0.25) is 0 Å². The first-order chi connectivity index (χ1) is 12.3. The van der Waals surface area contributed by atoms with Crippen LogP contribution in [0.4, 0.5) is 0 Å². The molecule has 0 atom stereocenters. The summed E-state index contributed by atoms with van der Waals surface area (Å²) in [6.07, 6.45) is 0. The van der Waals surface area contributed by atoms with E-state index >= 15 is 0 Å². The van der Waals surface area contributed by atoms with Gasteiger partial charge in [-0.25, -0.2) is 0 Å². The first kappa shape index (κ1) is 14.2. The Morgan fingerprint density at radius 2 is 1.36 bits per heavy atom. The summed E-state index contributed by atoms with van der Waals surface area (Å²) in [5.41, 5.74) is 1.68. The van der Waals surface area contributed by atoms with Gasteiger partial charge in [-0.15, -0.1) is 0 Å². The molecule has 122 valence electrons. The summed E-state index contributed by atoms with van der Waals surface area (Å²) in [6, 6.07) is 21.9. The number of fused-ring (bicyclic) bond motifs is 3. The predicted octanol–water partition coefficient (Wildman–Crippen LogP) is 5.14. The molecule has 1 aliphatic rings. The van der Waals surface area contributed by atoms with Gasteiger partial charge in [0.2, 0.25) is 0 Å². The average Bonchev–Trinajstić information content (AvgIpc) is 2.67. The second-order valence-electron chi connectivity index (χ2n) is 6.18. The number of rotatable bonds is 1. The van der Waals surface area contributed by atoms with Crippen LogP contribution in [0.25, 0.3) is 32.7 Å². The van der Waals surface area contributed by atoms with Crippen LogP contribution < -0.4 is 9.47 Å². The molecule has 0 unspecified atom stereocenters. The highest BCUT2D eigenvalue weighted by molar-refractivity contribution is 6.10. The van der Waals surface area contributed by atoms with E-state index in [0.29, 0.717) is 19.0 Å². The molecular weight excluding hydrogens is 312 g/mol. The van der Waals surface area contributed by atoms with E-state index in [2.05, 4.69) is 12.1 Å². The third-order valence-corrected chi connectivity index (χ3v) is 4.71. The average molecular weight is 328 g/mol. The van der Waals surface area contributed by atoms with Gasteiger partial charge in [-0.05, 0) is 33.7 Å². The van der Waals surface area contributed by atoms with E-state index in [1.807, 2.05) is 48.5 Å². The lowest BCUT2D eigenvalue weighted by molar-refractivity contribution is 0.173. The van der Waals surface area contributed by atoms with Crippen molar-refractivity contribution in [2.75, 3.05) is 13.2 Å². The molecule has 3 nitrogen and oxygen atoms in total. The molecule has 0 saturated carbocycles. The van der Waals surface area contributed by atoms with Crippen molar-refractivity contribution in [3.63, 3.8) is 0 Å². The van der Waals surface area contributed by atoms with E-state index in [-0.39, 0.29) is 5.75 Å². The van der Waals surface area contributed by atoms with Crippen molar-refractivity contribution in [1.82, 2.24) is 0 Å². The van der Waals surface area contributed by atoms with Crippen LogP contribution in [0.5, 0.6) is 17.2 Å². The zero-order valence-corrected chi connectivity index (χ0v) is 13.5. The van der Waals surface area contributed by atoms with Crippen molar-refractivity contribution in [3.05, 3.63) is 66.7 Å². The Bertz CT molecular complexity index is 1110. The fourth-order valence-corrected chi connectivity index (χ4v) is 3.62. The molecular formula is C22H16O3. The molecule has 4 aromatic carbocycles. The molecule has 0 saturated heterocycles. The minimum Gasteiger partial charge on any atom is -0.507 e. The number of phenolic OH excluding ortho intramolecular Hbond substituents is 1. The fourth-order valence-electron chi connectivity index (χ4n) is 3.62. The van der Waals surface area contributed by atoms with Crippen LogP contribution in [0.1, 0.15) is 0 Å². The van der Waals surface area contributed by atoms with Gasteiger partial charge in [0.1, 0.15) is 19.0 Å². The van der Waals surface area contributed by atoms with Gasteiger partial charge >= 0.3 is 0 Å². The number of aromatic hydroxyl groups is 1. The van der Waals surface area contributed by atoms with Gasteiger partial charge in [-0.1, -0.05) is 54.6 Å². The van der Waals surface area contributed by atoms with E-state index in [0.717, 1.165) is 38.4 Å². The summed E-state index contributed by atoms with van der Waals surface area (Å²) in [5, 5.41) is 14.9. The predicted molar refractivity (Wildman–Crippen MR) is 99.5 cm³/mol. The molecule has 5 rings (SSSR count). The molecule has 1 N–H and O–H groups in total. The van der Waals surface area contributed by atoms with Crippen molar-refractivity contribution in [2.24, 2.45) is 0 Å². The Labute approximate surface area is 145 Å². The summed E-state index contributed by atoms with van der Waals surface area (Å²) in [7, 11) is 0. The monoisotopic (exact) mass is 328 g/mol. The molecule has 0 aliphatic carbocycles. The third kappa shape index (κ3) is 2.13. The summed E-state index contributed by atoms with van der Waals surface area (Å²) >= 11 is 0. The van der Waals surface area contributed by atoms with Gasteiger partial charge in [0.15, 0.2) is 11.5 Å². The summed E-state index contributed by atoms with van der Waals surface area (Å²) in [6.45, 7) is 1.04. The molecule has 0 bridgehead atoms. The van der Waals surface area contributed by atoms with E-state index in [1.165, 1.54) is 0 Å². The number of benzene rings is 4. The van der Waals surface area contributed by atoms with Crippen molar-refractivity contribution in [2.45, 2.75) is 0 Å². The summed E-state index contributed by atoms with van der Waals surface area (Å²) in [5.74, 6) is 1.68. The van der Waals surface area contributed by atoms with Gasteiger partial charge in [0.05, 0.1) is 0 Å². The number of phenols is 1. The Morgan fingerprint density at radius 3 is 2.20 bits per heavy atom. The van der Waals surface area contributed by atoms with Crippen molar-refractivity contribution in [3.8, 4) is 28.4 Å². The van der Waals surface area contributed by atoms with E-state index < -0.39 is 0 Å². The molecule has 25 heavy (non-hydrogen) atoms. The maximum atomic E-state index is 10.7. The minimum atomic E-state index is 0.242. The van der Waals surface area contributed by atoms with E-state index in [9.17, 15) is 5.11 Å². The normalized spacial score (nSPS) is 13.3. The molecule has 0 spiro atoms. The largest absolute Gasteiger partial charge is 0.507 e. The van der Waals surface area contributed by atoms with Crippen LogP contribution in [0.3, 0.4) is 0 Å². The topological polar surface area (TPSA) is 38.7 Å². The van der Waals surface area contributed by atoms with Crippen LogP contribution in [0, 0.1) is 0 Å². The second-order valence-corrected chi connectivity index (χ2v) is 6.18. The fraction of sp³-hybridized carbons (Fsp3) is 0.0909. The molecule has 3 heteroatoms. The summed E-state index contributed by atoms with van der Waals surface area (Å²) < 4.78 is 11.8.